The number of carbonyl (C=O) groups is 2. The summed E-state index contributed by atoms with van der Waals surface area (Å²) in [5, 5.41) is 3.02. The number of carbonyl (C=O) groups excluding carboxylic acids is 2. The average Bonchev–Trinajstić information content (AvgIpc) is 3.21. The monoisotopic (exact) mass is 483 g/mol. The van der Waals surface area contributed by atoms with Gasteiger partial charge in [-0.05, 0) is 36.4 Å². The second-order valence-electron chi connectivity index (χ2n) is 6.75. The molecule has 0 radical (unpaired) electrons. The van der Waals surface area contributed by atoms with Gasteiger partial charge in [0.15, 0.2) is 22.3 Å². The molecule has 174 valence electrons. The summed E-state index contributed by atoms with van der Waals surface area (Å²) in [4.78, 5) is 32.4. The lowest BCUT2D eigenvalue weighted by Gasteiger charge is -2.13. The van der Waals surface area contributed by atoms with Crippen molar-refractivity contribution in [3.8, 4) is 23.0 Å². The second-order valence-corrected chi connectivity index (χ2v) is 7.78. The molecule has 4 aromatic rings. The van der Waals surface area contributed by atoms with Crippen LogP contribution in [0.2, 0.25) is 0 Å². The fraction of sp³-hybridized carbons (Fsp3) is 0.130. The summed E-state index contributed by atoms with van der Waals surface area (Å²) in [5.41, 5.74) is 0.586. The van der Waals surface area contributed by atoms with Crippen molar-refractivity contribution in [1.29, 1.82) is 0 Å². The van der Waals surface area contributed by atoms with Gasteiger partial charge in [-0.15, -0.1) is 0 Å². The number of methoxy groups -OCH3 is 1. The van der Waals surface area contributed by atoms with Crippen LogP contribution in [0.25, 0.3) is 10.2 Å². The van der Waals surface area contributed by atoms with Crippen LogP contribution in [0.15, 0.2) is 54.7 Å². The Morgan fingerprint density at radius 3 is 2.59 bits per heavy atom. The molecule has 2 heterocycles. The van der Waals surface area contributed by atoms with E-state index in [9.17, 15) is 14.0 Å². The van der Waals surface area contributed by atoms with Crippen molar-refractivity contribution in [2.75, 3.05) is 19.2 Å². The molecule has 34 heavy (non-hydrogen) atoms. The summed E-state index contributed by atoms with van der Waals surface area (Å²) in [6.07, 6.45) is 1.39. The van der Waals surface area contributed by atoms with E-state index in [-0.39, 0.29) is 23.0 Å². The lowest BCUT2D eigenvalue weighted by Crippen LogP contribution is -2.17. The number of thiazole rings is 1. The van der Waals surface area contributed by atoms with Crippen LogP contribution >= 0.6 is 11.3 Å². The number of hydrogen-bond donors (Lipinski definition) is 1. The summed E-state index contributed by atoms with van der Waals surface area (Å²) in [6, 6.07) is 12.4. The van der Waals surface area contributed by atoms with Gasteiger partial charge in [-0.2, -0.15) is 0 Å². The first-order valence-electron chi connectivity index (χ1n) is 9.87. The lowest BCUT2D eigenvalue weighted by molar-refractivity contribution is -0.147. The molecule has 0 aliphatic rings. The van der Waals surface area contributed by atoms with Crippen LogP contribution in [0.1, 0.15) is 17.4 Å². The van der Waals surface area contributed by atoms with E-state index in [0.29, 0.717) is 22.1 Å². The summed E-state index contributed by atoms with van der Waals surface area (Å²) >= 11 is 1.23. The maximum absolute atomic E-state index is 13.1. The number of benzene rings is 2. The Bertz CT molecular complexity index is 1340. The molecule has 9 nitrogen and oxygen atoms in total. The quantitative estimate of drug-likeness (QED) is 0.282. The second kappa shape index (κ2) is 10.1. The van der Waals surface area contributed by atoms with Gasteiger partial charge in [-0.25, -0.2) is 14.4 Å². The molecule has 0 atom stereocenters. The van der Waals surface area contributed by atoms with Crippen LogP contribution in [0.3, 0.4) is 0 Å². The highest BCUT2D eigenvalue weighted by molar-refractivity contribution is 7.22. The number of esters is 1. The van der Waals surface area contributed by atoms with E-state index in [0.717, 1.165) is 4.70 Å². The number of ether oxygens (including phenoxy) is 4. The number of rotatable bonds is 8. The smallest absolute Gasteiger partial charge is 0.305 e. The van der Waals surface area contributed by atoms with Crippen molar-refractivity contribution in [2.24, 2.45) is 0 Å². The number of nitrogens with one attached hydrogen (secondary N) is 1. The van der Waals surface area contributed by atoms with Crippen LogP contribution in [0.4, 0.5) is 9.52 Å². The van der Waals surface area contributed by atoms with Gasteiger partial charge in [-0.1, -0.05) is 11.3 Å². The summed E-state index contributed by atoms with van der Waals surface area (Å²) in [5.74, 6) is -0.166. The van der Waals surface area contributed by atoms with Gasteiger partial charge in [0, 0.05) is 25.3 Å². The minimum Gasteiger partial charge on any atom is -0.493 e. The molecular weight excluding hydrogens is 465 g/mol. The first kappa shape index (κ1) is 22.9. The Kier molecular flexibility index (Phi) is 6.83. The van der Waals surface area contributed by atoms with Crippen LogP contribution in [-0.2, 0) is 9.53 Å². The fourth-order valence-corrected chi connectivity index (χ4v) is 3.77. The van der Waals surface area contributed by atoms with E-state index >= 15 is 0 Å². The number of halogens is 1. The predicted molar refractivity (Wildman–Crippen MR) is 122 cm³/mol. The van der Waals surface area contributed by atoms with E-state index in [1.54, 1.807) is 18.2 Å². The number of aromatic nitrogens is 2. The maximum atomic E-state index is 13.1. The van der Waals surface area contributed by atoms with E-state index in [1.807, 2.05) is 0 Å². The van der Waals surface area contributed by atoms with Crippen molar-refractivity contribution in [1.82, 2.24) is 9.97 Å². The molecule has 0 saturated carbocycles. The third-order valence-corrected chi connectivity index (χ3v) is 5.33. The van der Waals surface area contributed by atoms with Crippen molar-refractivity contribution in [2.45, 2.75) is 6.92 Å². The van der Waals surface area contributed by atoms with Crippen LogP contribution in [0, 0.1) is 5.82 Å². The molecule has 2 aromatic heterocycles. The summed E-state index contributed by atoms with van der Waals surface area (Å²) in [6.45, 7) is 0.830. The zero-order valence-corrected chi connectivity index (χ0v) is 18.8. The molecule has 4 rings (SSSR count). The fourth-order valence-electron chi connectivity index (χ4n) is 2.88. The molecule has 1 N–H and O–H groups in total. The van der Waals surface area contributed by atoms with Gasteiger partial charge in [0.05, 0.1) is 17.3 Å². The molecule has 2 aromatic carbocycles. The van der Waals surface area contributed by atoms with E-state index in [4.69, 9.17) is 18.9 Å². The third-order valence-electron chi connectivity index (χ3n) is 4.40. The Morgan fingerprint density at radius 2 is 1.85 bits per heavy atom. The molecule has 0 fully saturated rings. The molecule has 0 spiro atoms. The Hall–Kier alpha value is -4.25. The zero-order valence-electron chi connectivity index (χ0n) is 18.0. The van der Waals surface area contributed by atoms with Gasteiger partial charge in [-0.3, -0.25) is 14.9 Å². The first-order chi connectivity index (χ1) is 16.4. The van der Waals surface area contributed by atoms with Gasteiger partial charge >= 0.3 is 5.97 Å². The highest BCUT2D eigenvalue weighted by Crippen LogP contribution is 2.33. The average molecular weight is 483 g/mol. The normalized spacial score (nSPS) is 10.6. The molecule has 1 amide bonds. The minimum atomic E-state index is -0.585. The van der Waals surface area contributed by atoms with Crippen molar-refractivity contribution >= 4 is 38.6 Å². The number of fused-ring (bicyclic) bond motifs is 1. The Morgan fingerprint density at radius 1 is 1.09 bits per heavy atom. The van der Waals surface area contributed by atoms with Crippen LogP contribution in [0.5, 0.6) is 23.0 Å². The lowest BCUT2D eigenvalue weighted by atomic mass is 10.3. The number of amides is 1. The molecule has 0 saturated heterocycles. The summed E-state index contributed by atoms with van der Waals surface area (Å²) in [7, 11) is 1.41. The highest BCUT2D eigenvalue weighted by Gasteiger charge is 2.21. The Labute approximate surface area is 197 Å². The SMILES string of the molecule is COc1ccnc(C(=O)Nc2nc3ccc(Oc4ccc(F)cc4)cc3s2)c1OCOC(C)=O. The van der Waals surface area contributed by atoms with Crippen LogP contribution < -0.4 is 19.5 Å². The summed E-state index contributed by atoms with van der Waals surface area (Å²) < 4.78 is 35.0. The molecule has 11 heteroatoms. The van der Waals surface area contributed by atoms with E-state index in [2.05, 4.69) is 15.3 Å². The zero-order chi connectivity index (χ0) is 24.1. The topological polar surface area (TPSA) is 109 Å². The van der Waals surface area contributed by atoms with Gasteiger partial charge in [0.2, 0.25) is 6.79 Å². The van der Waals surface area contributed by atoms with Gasteiger partial charge in [0.25, 0.3) is 5.91 Å². The number of nitrogens with zero attached hydrogens (tertiary/aromatic N) is 2. The third kappa shape index (κ3) is 5.38. The van der Waals surface area contributed by atoms with Crippen LogP contribution in [-0.4, -0.2) is 35.7 Å². The van der Waals surface area contributed by atoms with E-state index in [1.165, 1.54) is 61.9 Å². The van der Waals surface area contributed by atoms with Crippen molar-refractivity contribution in [3.63, 3.8) is 0 Å². The number of anilines is 1. The highest BCUT2D eigenvalue weighted by atomic mass is 32.1. The van der Waals surface area contributed by atoms with Crippen molar-refractivity contribution in [3.05, 3.63) is 66.2 Å². The van der Waals surface area contributed by atoms with Gasteiger partial charge in [0.1, 0.15) is 17.3 Å². The number of pyridine rings is 1. The predicted octanol–water partition coefficient (Wildman–Crippen LogP) is 4.78. The first-order valence-corrected chi connectivity index (χ1v) is 10.7. The maximum Gasteiger partial charge on any atom is 0.305 e. The molecule has 0 unspecified atom stereocenters. The Balaban J connectivity index is 1.52. The largest absolute Gasteiger partial charge is 0.493 e. The van der Waals surface area contributed by atoms with Crippen molar-refractivity contribution < 1.29 is 32.9 Å². The van der Waals surface area contributed by atoms with Gasteiger partial charge < -0.3 is 18.9 Å². The minimum absolute atomic E-state index is 0.0276. The molecule has 0 bridgehead atoms. The molecule has 0 aliphatic carbocycles. The van der Waals surface area contributed by atoms with E-state index < -0.39 is 18.7 Å². The molecule has 0 aliphatic heterocycles. The standard InChI is InChI=1S/C23H18FN3O6S/c1-13(28)31-12-32-21-18(30-2)9-10-25-20(21)22(29)27-23-26-17-8-7-16(11-19(17)34-23)33-15-5-3-14(24)4-6-15/h3-11H,12H2,1-2H3,(H,26,27,29). The molecular formula is C23H18FN3O6S. The number of hydrogen-bond acceptors (Lipinski definition) is 9.